The summed E-state index contributed by atoms with van der Waals surface area (Å²) in [6.07, 6.45) is 0. The van der Waals surface area contributed by atoms with Crippen LogP contribution in [0.3, 0.4) is 0 Å². The minimum absolute atomic E-state index is 0.0203. The van der Waals surface area contributed by atoms with Crippen LogP contribution in [0.5, 0.6) is 5.75 Å². The summed E-state index contributed by atoms with van der Waals surface area (Å²) in [6, 6.07) is 4.89. The lowest BCUT2D eigenvalue weighted by Crippen LogP contribution is -2.42. The van der Waals surface area contributed by atoms with E-state index in [1.165, 1.54) is 0 Å². The van der Waals surface area contributed by atoms with Gasteiger partial charge < -0.3 is 19.9 Å². The number of hydrogen-bond donors (Lipinski definition) is 1. The van der Waals surface area contributed by atoms with Gasteiger partial charge in [0.25, 0.3) is 0 Å². The molecule has 1 aromatic carbocycles. The van der Waals surface area contributed by atoms with Gasteiger partial charge in [-0.05, 0) is 32.0 Å². The van der Waals surface area contributed by atoms with Gasteiger partial charge in [0.15, 0.2) is 5.78 Å². The van der Waals surface area contributed by atoms with Crippen molar-refractivity contribution in [3.05, 3.63) is 23.8 Å². The summed E-state index contributed by atoms with van der Waals surface area (Å²) in [5.74, 6) is 0.624. The van der Waals surface area contributed by atoms with Crippen molar-refractivity contribution in [2.75, 3.05) is 52.9 Å². The second-order valence-corrected chi connectivity index (χ2v) is 5.25. The van der Waals surface area contributed by atoms with E-state index in [1.54, 1.807) is 32.4 Å². The topological polar surface area (TPSA) is 74.0 Å². The minimum atomic E-state index is -0.280. The predicted molar refractivity (Wildman–Crippen MR) is 91.1 cm³/mol. The Hall–Kier alpha value is -1.63. The maximum atomic E-state index is 12.7. The van der Waals surface area contributed by atoms with E-state index in [0.717, 1.165) is 0 Å². The van der Waals surface area contributed by atoms with E-state index in [9.17, 15) is 4.79 Å². The van der Waals surface area contributed by atoms with E-state index in [-0.39, 0.29) is 11.8 Å². The van der Waals surface area contributed by atoms with Crippen molar-refractivity contribution in [1.82, 2.24) is 4.90 Å². The van der Waals surface area contributed by atoms with Crippen molar-refractivity contribution in [2.24, 2.45) is 0 Å². The molecule has 1 aromatic rings. The van der Waals surface area contributed by atoms with Crippen LogP contribution in [-0.4, -0.2) is 63.9 Å². The van der Waals surface area contributed by atoms with E-state index in [4.69, 9.17) is 19.9 Å². The van der Waals surface area contributed by atoms with Crippen molar-refractivity contribution in [2.45, 2.75) is 19.9 Å². The molecule has 0 saturated carbocycles. The number of nitrogen functional groups attached to an aromatic ring is 1. The zero-order valence-corrected chi connectivity index (χ0v) is 14.5. The Labute approximate surface area is 138 Å². The first-order valence-corrected chi connectivity index (χ1v) is 7.83. The molecule has 1 rings (SSSR count). The molecule has 0 spiro atoms. The van der Waals surface area contributed by atoms with Gasteiger partial charge in [-0.25, -0.2) is 0 Å². The third kappa shape index (κ3) is 5.82. The Morgan fingerprint density at radius 1 is 1.22 bits per heavy atom. The average molecular weight is 324 g/mol. The number of nitrogens with zero attached hydrogens (tertiary/aromatic N) is 1. The lowest BCUT2D eigenvalue weighted by Gasteiger charge is -2.27. The largest absolute Gasteiger partial charge is 0.492 e. The third-order valence-corrected chi connectivity index (χ3v) is 3.69. The first-order chi connectivity index (χ1) is 11.0. The van der Waals surface area contributed by atoms with E-state index in [0.29, 0.717) is 49.9 Å². The number of Topliss-reactive ketones (excluding diaryl/α,β-unsaturated/α-hetero) is 1. The summed E-state index contributed by atoms with van der Waals surface area (Å²) in [5, 5.41) is 0. The number of carbonyl (C=O) groups excluding carboxylic acids is 1. The fraction of sp³-hybridized carbons (Fsp3) is 0.588. The molecule has 0 aliphatic rings. The zero-order chi connectivity index (χ0) is 17.2. The van der Waals surface area contributed by atoms with Gasteiger partial charge in [0.2, 0.25) is 0 Å². The van der Waals surface area contributed by atoms with Crippen LogP contribution in [0.4, 0.5) is 5.69 Å². The molecular weight excluding hydrogens is 296 g/mol. The minimum Gasteiger partial charge on any atom is -0.492 e. The van der Waals surface area contributed by atoms with Gasteiger partial charge in [-0.15, -0.1) is 0 Å². The van der Waals surface area contributed by atoms with Crippen molar-refractivity contribution in [3.8, 4) is 5.75 Å². The summed E-state index contributed by atoms with van der Waals surface area (Å²) in [5.41, 5.74) is 7.01. The SMILES string of the molecule is CCOc1ccc(C(=O)C(C)N(CCOC)CCOC)cc1N. The van der Waals surface area contributed by atoms with Gasteiger partial charge in [-0.3, -0.25) is 9.69 Å². The molecule has 1 unspecified atom stereocenters. The van der Waals surface area contributed by atoms with Crippen molar-refractivity contribution < 1.29 is 19.0 Å². The molecular formula is C17H28N2O4. The molecule has 0 aromatic heterocycles. The van der Waals surface area contributed by atoms with E-state index in [1.807, 2.05) is 18.7 Å². The molecule has 0 bridgehead atoms. The molecule has 0 heterocycles. The Morgan fingerprint density at radius 2 is 1.83 bits per heavy atom. The van der Waals surface area contributed by atoms with Crippen molar-refractivity contribution in [1.29, 1.82) is 0 Å². The predicted octanol–water partition coefficient (Wildman–Crippen LogP) is 1.83. The Kier molecular flexibility index (Phi) is 8.61. The van der Waals surface area contributed by atoms with Crippen LogP contribution in [0.2, 0.25) is 0 Å². The fourth-order valence-electron chi connectivity index (χ4n) is 2.31. The monoisotopic (exact) mass is 324 g/mol. The molecule has 0 amide bonds. The molecule has 6 heteroatoms. The van der Waals surface area contributed by atoms with Crippen LogP contribution in [0.1, 0.15) is 24.2 Å². The normalized spacial score (nSPS) is 12.4. The highest BCUT2D eigenvalue weighted by Gasteiger charge is 2.22. The van der Waals surface area contributed by atoms with Crippen molar-refractivity contribution >= 4 is 11.5 Å². The highest BCUT2D eigenvalue weighted by Crippen LogP contribution is 2.23. The number of benzene rings is 1. The highest BCUT2D eigenvalue weighted by molar-refractivity contribution is 6.00. The van der Waals surface area contributed by atoms with Gasteiger partial charge in [0.1, 0.15) is 5.75 Å². The molecule has 0 saturated heterocycles. The summed E-state index contributed by atoms with van der Waals surface area (Å²) in [7, 11) is 3.29. The Morgan fingerprint density at radius 3 is 2.30 bits per heavy atom. The Balaban J connectivity index is 2.84. The number of anilines is 1. The molecule has 0 fully saturated rings. The average Bonchev–Trinajstić information content (AvgIpc) is 2.55. The molecule has 2 N–H and O–H groups in total. The zero-order valence-electron chi connectivity index (χ0n) is 14.5. The van der Waals surface area contributed by atoms with Crippen LogP contribution in [-0.2, 0) is 9.47 Å². The van der Waals surface area contributed by atoms with E-state index >= 15 is 0 Å². The summed E-state index contributed by atoms with van der Waals surface area (Å²) < 4.78 is 15.6. The van der Waals surface area contributed by atoms with Crippen LogP contribution >= 0.6 is 0 Å². The quantitative estimate of drug-likeness (QED) is 0.494. The molecule has 0 aliphatic carbocycles. The van der Waals surface area contributed by atoms with Crippen LogP contribution in [0.15, 0.2) is 18.2 Å². The standard InChI is InChI=1S/C17H28N2O4/c1-5-23-16-7-6-14(12-15(16)18)17(20)13(2)19(8-10-21-3)9-11-22-4/h6-7,12-13H,5,8-11,18H2,1-4H3. The summed E-state index contributed by atoms with van der Waals surface area (Å²) >= 11 is 0. The maximum Gasteiger partial charge on any atom is 0.179 e. The van der Waals surface area contributed by atoms with Gasteiger partial charge in [-0.2, -0.15) is 0 Å². The number of methoxy groups -OCH3 is 2. The maximum absolute atomic E-state index is 12.7. The fourth-order valence-corrected chi connectivity index (χ4v) is 2.31. The van der Waals surface area contributed by atoms with Crippen LogP contribution < -0.4 is 10.5 Å². The summed E-state index contributed by atoms with van der Waals surface area (Å²) in [4.78, 5) is 14.8. The Bertz CT molecular complexity index is 485. The van der Waals surface area contributed by atoms with Gasteiger partial charge in [-0.1, -0.05) is 0 Å². The first kappa shape index (κ1) is 19.4. The highest BCUT2D eigenvalue weighted by atomic mass is 16.5. The van der Waals surface area contributed by atoms with Gasteiger partial charge in [0, 0.05) is 32.9 Å². The third-order valence-electron chi connectivity index (χ3n) is 3.69. The molecule has 130 valence electrons. The number of hydrogen-bond acceptors (Lipinski definition) is 6. The van der Waals surface area contributed by atoms with Crippen molar-refractivity contribution in [3.63, 3.8) is 0 Å². The van der Waals surface area contributed by atoms with Crippen LogP contribution in [0.25, 0.3) is 0 Å². The molecule has 0 radical (unpaired) electrons. The molecule has 6 nitrogen and oxygen atoms in total. The number of rotatable bonds is 11. The second-order valence-electron chi connectivity index (χ2n) is 5.25. The lowest BCUT2D eigenvalue weighted by atomic mass is 10.0. The smallest absolute Gasteiger partial charge is 0.179 e. The van der Waals surface area contributed by atoms with Gasteiger partial charge in [0.05, 0.1) is 31.5 Å². The lowest BCUT2D eigenvalue weighted by molar-refractivity contribution is 0.0687. The van der Waals surface area contributed by atoms with E-state index < -0.39 is 0 Å². The first-order valence-electron chi connectivity index (χ1n) is 7.83. The summed E-state index contributed by atoms with van der Waals surface area (Å²) in [6.45, 7) is 6.78. The van der Waals surface area contributed by atoms with Gasteiger partial charge >= 0.3 is 0 Å². The molecule has 23 heavy (non-hydrogen) atoms. The molecule has 0 aliphatic heterocycles. The number of nitrogens with two attached hydrogens (primary N) is 1. The van der Waals surface area contributed by atoms with Crippen LogP contribution in [0, 0.1) is 0 Å². The number of ether oxygens (including phenoxy) is 3. The second kappa shape index (κ2) is 10.2. The van der Waals surface area contributed by atoms with E-state index in [2.05, 4.69) is 0 Å². The molecule has 1 atom stereocenters. The number of ketones is 1. The number of carbonyl (C=O) groups is 1.